The van der Waals surface area contributed by atoms with Gasteiger partial charge in [-0.05, 0) is 75.2 Å². The average molecular weight is 329 g/mol. The molecule has 0 N–H and O–H groups in total. The lowest BCUT2D eigenvalue weighted by atomic mass is 9.79. The Kier molecular flexibility index (Phi) is 9.64. The van der Waals surface area contributed by atoms with E-state index in [1.165, 1.54) is 89.9 Å². The molecule has 2 saturated carbocycles. The fraction of sp³-hybridized carbons (Fsp3) is 0.833. The van der Waals surface area contributed by atoms with Crippen molar-refractivity contribution in [1.82, 2.24) is 0 Å². The van der Waals surface area contributed by atoms with Crippen molar-refractivity contribution in [2.24, 2.45) is 23.7 Å². The van der Waals surface area contributed by atoms with Gasteiger partial charge in [-0.2, -0.15) is 0 Å². The summed E-state index contributed by atoms with van der Waals surface area (Å²) in [5.74, 6) is 10.4. The summed E-state index contributed by atoms with van der Waals surface area (Å²) in [6, 6.07) is 0. The summed E-state index contributed by atoms with van der Waals surface area (Å²) in [5.41, 5.74) is 0. The van der Waals surface area contributed by atoms with Crippen LogP contribution in [0.15, 0.2) is 12.2 Å². The molecule has 0 radical (unpaired) electrons. The average Bonchev–Trinajstić information content (AvgIpc) is 2.62. The van der Waals surface area contributed by atoms with Crippen molar-refractivity contribution in [2.45, 2.75) is 104 Å². The van der Waals surface area contributed by atoms with Gasteiger partial charge in [0.15, 0.2) is 0 Å². The molecular weight excluding hydrogens is 288 g/mol. The molecule has 24 heavy (non-hydrogen) atoms. The molecule has 2 rings (SSSR count). The molecule has 2 fully saturated rings. The molecule has 0 aromatic carbocycles. The molecule has 0 atom stereocenters. The minimum absolute atomic E-state index is 0.678. The maximum atomic E-state index is 3.54. The van der Waals surface area contributed by atoms with Crippen molar-refractivity contribution in [3.05, 3.63) is 12.2 Å². The third kappa shape index (κ3) is 7.46. The Hall–Kier alpha value is -0.700. The highest BCUT2D eigenvalue weighted by molar-refractivity contribution is 5.18. The number of allylic oxidation sites excluding steroid dienone is 2. The molecule has 0 heteroatoms. The van der Waals surface area contributed by atoms with Crippen LogP contribution in [0.3, 0.4) is 0 Å². The van der Waals surface area contributed by atoms with Crippen LogP contribution in [0.25, 0.3) is 0 Å². The van der Waals surface area contributed by atoms with Gasteiger partial charge in [-0.15, -0.1) is 0 Å². The topological polar surface area (TPSA) is 0 Å². The summed E-state index contributed by atoms with van der Waals surface area (Å²) in [4.78, 5) is 0. The second kappa shape index (κ2) is 11.8. The van der Waals surface area contributed by atoms with E-state index in [9.17, 15) is 0 Å². The van der Waals surface area contributed by atoms with Crippen LogP contribution in [0.5, 0.6) is 0 Å². The molecule has 0 saturated heterocycles. The largest absolute Gasteiger partial charge is 0.0951 e. The third-order valence-corrected chi connectivity index (χ3v) is 6.39. The van der Waals surface area contributed by atoms with Crippen LogP contribution in [0, 0.1) is 35.5 Å². The van der Waals surface area contributed by atoms with E-state index in [-0.39, 0.29) is 0 Å². The zero-order valence-electron chi connectivity index (χ0n) is 16.4. The molecule has 136 valence electrons. The van der Waals surface area contributed by atoms with Gasteiger partial charge in [0.05, 0.1) is 0 Å². The van der Waals surface area contributed by atoms with Crippen LogP contribution < -0.4 is 0 Å². The Balaban J connectivity index is 1.60. The molecule has 0 aromatic rings. The van der Waals surface area contributed by atoms with E-state index in [0.29, 0.717) is 5.92 Å². The summed E-state index contributed by atoms with van der Waals surface area (Å²) in [6.07, 6.45) is 24.3. The first-order valence-electron chi connectivity index (χ1n) is 11.0. The van der Waals surface area contributed by atoms with Crippen LogP contribution in [-0.4, -0.2) is 0 Å². The van der Waals surface area contributed by atoms with Crippen molar-refractivity contribution in [2.75, 3.05) is 0 Å². The number of hydrogen-bond acceptors (Lipinski definition) is 0. The molecule has 0 amide bonds. The Morgan fingerprint density at radius 1 is 0.750 bits per heavy atom. The first-order valence-corrected chi connectivity index (χ1v) is 11.0. The van der Waals surface area contributed by atoms with E-state index in [4.69, 9.17) is 0 Å². The van der Waals surface area contributed by atoms with Gasteiger partial charge in [-0.1, -0.05) is 70.3 Å². The second-order valence-electron chi connectivity index (χ2n) is 8.43. The number of hydrogen-bond donors (Lipinski definition) is 0. The minimum Gasteiger partial charge on any atom is -0.0951 e. The van der Waals surface area contributed by atoms with E-state index in [1.807, 2.05) is 0 Å². The summed E-state index contributed by atoms with van der Waals surface area (Å²) < 4.78 is 0. The maximum Gasteiger partial charge on any atom is 0.0206 e. The van der Waals surface area contributed by atoms with Gasteiger partial charge in [-0.25, -0.2) is 0 Å². The monoisotopic (exact) mass is 328 g/mol. The van der Waals surface area contributed by atoms with Gasteiger partial charge >= 0.3 is 0 Å². The van der Waals surface area contributed by atoms with E-state index in [2.05, 4.69) is 37.8 Å². The van der Waals surface area contributed by atoms with Gasteiger partial charge < -0.3 is 0 Å². The number of rotatable bonds is 7. The predicted molar refractivity (Wildman–Crippen MR) is 107 cm³/mol. The zero-order valence-corrected chi connectivity index (χ0v) is 16.4. The molecule has 0 bridgehead atoms. The lowest BCUT2D eigenvalue weighted by Crippen LogP contribution is -2.13. The van der Waals surface area contributed by atoms with E-state index >= 15 is 0 Å². The summed E-state index contributed by atoms with van der Waals surface area (Å²) in [6.45, 7) is 4.62. The van der Waals surface area contributed by atoms with Crippen molar-refractivity contribution < 1.29 is 0 Å². The van der Waals surface area contributed by atoms with E-state index in [1.54, 1.807) is 0 Å². The molecule has 0 heterocycles. The van der Waals surface area contributed by atoms with Gasteiger partial charge in [0.1, 0.15) is 0 Å². The van der Waals surface area contributed by atoms with Gasteiger partial charge in [0.25, 0.3) is 0 Å². The highest BCUT2D eigenvalue weighted by atomic mass is 14.2. The molecular formula is C24H40. The summed E-state index contributed by atoms with van der Waals surface area (Å²) in [7, 11) is 0. The molecule has 2 aliphatic carbocycles. The molecule has 0 nitrogen and oxygen atoms in total. The van der Waals surface area contributed by atoms with Crippen molar-refractivity contribution in [3.8, 4) is 11.8 Å². The molecule has 0 aromatic heterocycles. The lowest BCUT2D eigenvalue weighted by Gasteiger charge is -2.26. The van der Waals surface area contributed by atoms with Crippen molar-refractivity contribution in [3.63, 3.8) is 0 Å². The predicted octanol–water partition coefficient (Wildman–Crippen LogP) is 7.54. The van der Waals surface area contributed by atoms with Crippen LogP contribution >= 0.6 is 0 Å². The van der Waals surface area contributed by atoms with Crippen LogP contribution in [-0.2, 0) is 0 Å². The van der Waals surface area contributed by atoms with Crippen LogP contribution in [0.4, 0.5) is 0 Å². The smallest absolute Gasteiger partial charge is 0.0206 e. The Bertz CT molecular complexity index is 391. The van der Waals surface area contributed by atoms with Gasteiger partial charge in [-0.3, -0.25) is 0 Å². The first-order chi connectivity index (χ1) is 11.8. The standard InChI is InChI=1S/C24H40/c1-3-5-6-10-22-17-19-24(20-18-22)12-8-7-11-23-15-13-21(9-4-2)14-16-23/h7,11,21-24H,3-6,9-10,13-20H2,1-2H3. The highest BCUT2D eigenvalue weighted by Gasteiger charge is 2.19. The van der Waals surface area contributed by atoms with E-state index in [0.717, 1.165) is 17.8 Å². The van der Waals surface area contributed by atoms with Crippen LogP contribution in [0.1, 0.15) is 104 Å². The number of unbranched alkanes of at least 4 members (excludes halogenated alkanes) is 2. The van der Waals surface area contributed by atoms with Crippen LogP contribution in [0.2, 0.25) is 0 Å². The summed E-state index contributed by atoms with van der Waals surface area (Å²) in [5, 5.41) is 0. The SMILES string of the molecule is CCCCCC1CCC(C#CC=CC2CCC(CCC)CC2)CC1. The second-order valence-corrected chi connectivity index (χ2v) is 8.43. The van der Waals surface area contributed by atoms with Gasteiger partial charge in [0, 0.05) is 5.92 Å². The quantitative estimate of drug-likeness (QED) is 0.334. The lowest BCUT2D eigenvalue weighted by molar-refractivity contribution is 0.294. The minimum atomic E-state index is 0.678. The highest BCUT2D eigenvalue weighted by Crippen LogP contribution is 2.33. The third-order valence-electron chi connectivity index (χ3n) is 6.39. The normalized spacial score (nSPS) is 30.9. The van der Waals surface area contributed by atoms with Gasteiger partial charge in [0.2, 0.25) is 0 Å². The van der Waals surface area contributed by atoms with E-state index < -0.39 is 0 Å². The fourth-order valence-electron chi connectivity index (χ4n) is 4.71. The summed E-state index contributed by atoms with van der Waals surface area (Å²) >= 11 is 0. The van der Waals surface area contributed by atoms with Crippen molar-refractivity contribution >= 4 is 0 Å². The van der Waals surface area contributed by atoms with Crippen molar-refractivity contribution in [1.29, 1.82) is 0 Å². The Morgan fingerprint density at radius 3 is 2.08 bits per heavy atom. The zero-order chi connectivity index (χ0) is 17.0. The molecule has 0 aliphatic heterocycles. The Labute approximate surface area is 151 Å². The maximum absolute atomic E-state index is 3.54. The first kappa shape index (κ1) is 19.6. The molecule has 0 spiro atoms. The molecule has 0 unspecified atom stereocenters. The molecule has 2 aliphatic rings. The fourth-order valence-corrected chi connectivity index (χ4v) is 4.71. The Morgan fingerprint density at radius 2 is 1.42 bits per heavy atom.